The third-order valence-electron chi connectivity index (χ3n) is 4.41. The van der Waals surface area contributed by atoms with Gasteiger partial charge in [-0.3, -0.25) is 0 Å². The minimum atomic E-state index is -1.19. The lowest BCUT2D eigenvalue weighted by Gasteiger charge is -2.09. The fraction of sp³-hybridized carbons (Fsp3) is 0.318. The molecule has 30 heavy (non-hydrogen) atoms. The smallest absolute Gasteiger partial charge is 0.416 e. The summed E-state index contributed by atoms with van der Waals surface area (Å²) in [5.41, 5.74) is 3.14. The van der Waals surface area contributed by atoms with Crippen molar-refractivity contribution in [2.75, 3.05) is 13.1 Å². The van der Waals surface area contributed by atoms with Crippen molar-refractivity contribution in [1.29, 1.82) is 0 Å². The van der Waals surface area contributed by atoms with Crippen molar-refractivity contribution >= 4 is 23.3 Å². The van der Waals surface area contributed by atoms with Crippen LogP contribution in [0.3, 0.4) is 0 Å². The lowest BCUT2D eigenvalue weighted by atomic mass is 10.1. The zero-order valence-corrected chi connectivity index (χ0v) is 16.9. The van der Waals surface area contributed by atoms with E-state index in [4.69, 9.17) is 4.42 Å². The zero-order chi connectivity index (χ0) is 21.5. The van der Waals surface area contributed by atoms with Crippen LogP contribution in [0.15, 0.2) is 52.9 Å². The predicted octanol–water partition coefficient (Wildman–Crippen LogP) is 4.01. The van der Waals surface area contributed by atoms with Crippen LogP contribution >= 0.6 is 0 Å². The summed E-state index contributed by atoms with van der Waals surface area (Å²) in [6.45, 7) is 4.25. The number of carbonyl (C=O) groups excluding carboxylic acids is 2. The van der Waals surface area contributed by atoms with Crippen molar-refractivity contribution in [2.45, 2.75) is 26.4 Å². The summed E-state index contributed by atoms with van der Waals surface area (Å²) in [7, 11) is 0. The van der Waals surface area contributed by atoms with Crippen molar-refractivity contribution in [1.82, 2.24) is 15.6 Å². The van der Waals surface area contributed by atoms with Crippen molar-refractivity contribution < 1.29 is 23.8 Å². The number of alkyl carbamates (subject to hydrolysis) is 2. The van der Waals surface area contributed by atoms with Crippen LogP contribution in [-0.4, -0.2) is 35.4 Å². The number of aliphatic hydroxyl groups is 1. The first-order valence-corrected chi connectivity index (χ1v) is 9.80. The molecule has 2 aromatic carbocycles. The van der Waals surface area contributed by atoms with Gasteiger partial charge in [-0.15, -0.1) is 0 Å². The number of aromatic nitrogens is 1. The molecule has 0 aliphatic carbocycles. The highest BCUT2D eigenvalue weighted by Crippen LogP contribution is 2.26. The maximum atomic E-state index is 11.7. The first kappa shape index (κ1) is 21.3. The van der Waals surface area contributed by atoms with E-state index in [-0.39, 0.29) is 12.4 Å². The normalized spacial score (nSPS) is 12.0. The molecule has 0 saturated heterocycles. The third kappa shape index (κ3) is 5.81. The molecule has 0 aliphatic heterocycles. The van der Waals surface area contributed by atoms with E-state index in [1.807, 2.05) is 56.3 Å². The molecule has 3 rings (SSSR count). The summed E-state index contributed by atoms with van der Waals surface area (Å²) < 4.78 is 10.2. The SMILES string of the molecule is CC(C)CCNC(=O)OC(=O)NCC(O)c1nc2cc(-c3ccccc3)ccc2o1. The second kappa shape index (κ2) is 9.89. The molecule has 0 radical (unpaired) electrons. The van der Waals surface area contributed by atoms with E-state index in [2.05, 4.69) is 20.4 Å². The fourth-order valence-electron chi connectivity index (χ4n) is 2.78. The van der Waals surface area contributed by atoms with Gasteiger partial charge in [0.1, 0.15) is 11.6 Å². The number of carbonyl (C=O) groups is 2. The Hall–Kier alpha value is -3.39. The number of hydrogen-bond donors (Lipinski definition) is 3. The molecule has 0 fully saturated rings. The van der Waals surface area contributed by atoms with Gasteiger partial charge in [-0.1, -0.05) is 50.2 Å². The first-order chi connectivity index (χ1) is 14.4. The Kier molecular flexibility index (Phi) is 7.03. The molecule has 3 N–H and O–H groups in total. The van der Waals surface area contributed by atoms with Gasteiger partial charge >= 0.3 is 12.2 Å². The summed E-state index contributed by atoms with van der Waals surface area (Å²) in [6.07, 6.45) is -2.20. The molecule has 3 aromatic rings. The van der Waals surface area contributed by atoms with Gasteiger partial charge < -0.3 is 24.9 Å². The molecule has 1 aromatic heterocycles. The molecule has 1 heterocycles. The molecule has 0 aliphatic rings. The van der Waals surface area contributed by atoms with Crippen LogP contribution in [0.25, 0.3) is 22.2 Å². The highest BCUT2D eigenvalue weighted by Gasteiger charge is 2.18. The molecule has 2 amide bonds. The third-order valence-corrected chi connectivity index (χ3v) is 4.41. The second-order valence-corrected chi connectivity index (χ2v) is 7.28. The minimum Gasteiger partial charge on any atom is -0.438 e. The van der Waals surface area contributed by atoms with Crippen LogP contribution in [0.2, 0.25) is 0 Å². The van der Waals surface area contributed by atoms with Gasteiger partial charge in [0.15, 0.2) is 5.58 Å². The Morgan fingerprint density at radius 3 is 2.53 bits per heavy atom. The maximum Gasteiger partial charge on any atom is 0.416 e. The Balaban J connectivity index is 1.54. The van der Waals surface area contributed by atoms with Crippen LogP contribution < -0.4 is 10.6 Å². The van der Waals surface area contributed by atoms with Gasteiger partial charge in [-0.05, 0) is 35.6 Å². The largest absolute Gasteiger partial charge is 0.438 e. The first-order valence-electron chi connectivity index (χ1n) is 9.80. The molecule has 1 atom stereocenters. The zero-order valence-electron chi connectivity index (χ0n) is 16.9. The molecule has 158 valence electrons. The standard InChI is InChI=1S/C22H25N3O5/c1-14(2)10-11-23-21(27)30-22(28)24-13-18(26)20-25-17-12-16(8-9-19(17)29-20)15-6-4-3-5-7-15/h3-9,12,14,18,26H,10-11,13H2,1-2H3,(H,23,27)(H,24,28). The van der Waals surface area contributed by atoms with Crippen molar-refractivity contribution in [3.63, 3.8) is 0 Å². The highest BCUT2D eigenvalue weighted by atomic mass is 16.6. The van der Waals surface area contributed by atoms with Gasteiger partial charge in [-0.25, -0.2) is 14.6 Å². The van der Waals surface area contributed by atoms with E-state index in [1.165, 1.54) is 0 Å². The average Bonchev–Trinajstić information content (AvgIpc) is 3.16. The van der Waals surface area contributed by atoms with E-state index < -0.39 is 18.3 Å². The monoisotopic (exact) mass is 411 g/mol. The Morgan fingerprint density at radius 2 is 1.80 bits per heavy atom. The quantitative estimate of drug-likeness (QED) is 0.506. The number of hydrogen-bond acceptors (Lipinski definition) is 6. The van der Waals surface area contributed by atoms with Gasteiger partial charge in [0.05, 0.1) is 6.54 Å². The van der Waals surface area contributed by atoms with Gasteiger partial charge in [0, 0.05) is 6.54 Å². The number of ether oxygens (including phenoxy) is 1. The van der Waals surface area contributed by atoms with E-state index in [1.54, 1.807) is 6.07 Å². The Morgan fingerprint density at radius 1 is 1.07 bits per heavy atom. The van der Waals surface area contributed by atoms with E-state index in [0.717, 1.165) is 17.5 Å². The van der Waals surface area contributed by atoms with E-state index in [9.17, 15) is 14.7 Å². The lowest BCUT2D eigenvalue weighted by molar-refractivity contribution is 0.127. The number of rotatable bonds is 7. The average molecular weight is 411 g/mol. The van der Waals surface area contributed by atoms with Gasteiger partial charge in [0.25, 0.3) is 0 Å². The fourth-order valence-corrected chi connectivity index (χ4v) is 2.78. The van der Waals surface area contributed by atoms with Crippen LogP contribution in [0.5, 0.6) is 0 Å². The number of fused-ring (bicyclic) bond motifs is 1. The van der Waals surface area contributed by atoms with E-state index >= 15 is 0 Å². The van der Waals surface area contributed by atoms with Crippen molar-refractivity contribution in [2.24, 2.45) is 5.92 Å². The van der Waals surface area contributed by atoms with Crippen molar-refractivity contribution in [3.8, 4) is 11.1 Å². The molecule has 0 bridgehead atoms. The number of nitrogens with zero attached hydrogens (tertiary/aromatic N) is 1. The lowest BCUT2D eigenvalue weighted by Crippen LogP contribution is -2.35. The Labute approximate surface area is 174 Å². The summed E-state index contributed by atoms with van der Waals surface area (Å²) >= 11 is 0. The maximum absolute atomic E-state index is 11.7. The number of nitrogens with one attached hydrogen (secondary N) is 2. The summed E-state index contributed by atoms with van der Waals surface area (Å²) in [6, 6.07) is 15.4. The van der Waals surface area contributed by atoms with Crippen LogP contribution in [-0.2, 0) is 4.74 Å². The van der Waals surface area contributed by atoms with E-state index in [0.29, 0.717) is 23.6 Å². The highest BCUT2D eigenvalue weighted by molar-refractivity contribution is 5.83. The van der Waals surface area contributed by atoms with Gasteiger partial charge in [0.2, 0.25) is 5.89 Å². The number of aliphatic hydroxyl groups excluding tert-OH is 1. The minimum absolute atomic E-state index is 0.0666. The number of amides is 2. The molecule has 1 unspecified atom stereocenters. The molecule has 0 saturated carbocycles. The molecular weight excluding hydrogens is 386 g/mol. The summed E-state index contributed by atoms with van der Waals surface area (Å²) in [5.74, 6) is 0.492. The number of benzene rings is 2. The summed E-state index contributed by atoms with van der Waals surface area (Å²) in [5, 5.41) is 15.1. The van der Waals surface area contributed by atoms with Crippen LogP contribution in [0.4, 0.5) is 9.59 Å². The number of oxazole rings is 1. The Bertz CT molecular complexity index is 1000. The van der Waals surface area contributed by atoms with Crippen LogP contribution in [0, 0.1) is 5.92 Å². The van der Waals surface area contributed by atoms with Crippen LogP contribution in [0.1, 0.15) is 32.3 Å². The summed E-state index contributed by atoms with van der Waals surface area (Å²) in [4.78, 5) is 27.5. The molecule has 8 heteroatoms. The second-order valence-electron chi connectivity index (χ2n) is 7.28. The molecular formula is C22H25N3O5. The molecule has 8 nitrogen and oxygen atoms in total. The van der Waals surface area contributed by atoms with Crippen molar-refractivity contribution in [3.05, 3.63) is 54.4 Å². The predicted molar refractivity (Wildman–Crippen MR) is 112 cm³/mol. The molecule has 0 spiro atoms. The van der Waals surface area contributed by atoms with Gasteiger partial charge in [-0.2, -0.15) is 0 Å². The topological polar surface area (TPSA) is 114 Å².